The quantitative estimate of drug-likeness (QED) is 0.902. The highest BCUT2D eigenvalue weighted by Gasteiger charge is 2.32. The lowest BCUT2D eigenvalue weighted by Gasteiger charge is -2.37. The molecule has 0 atom stereocenters. The molecule has 0 saturated heterocycles. The molecule has 1 aliphatic carbocycles. The zero-order chi connectivity index (χ0) is 14.7. The number of benzene rings is 1. The lowest BCUT2D eigenvalue weighted by Crippen LogP contribution is -2.45. The molecule has 0 unspecified atom stereocenters. The van der Waals surface area contributed by atoms with Gasteiger partial charge < -0.3 is 10.6 Å². The Kier molecular flexibility index (Phi) is 4.70. The van der Waals surface area contributed by atoms with Crippen molar-refractivity contribution < 1.29 is 13.6 Å². The fourth-order valence-electron chi connectivity index (χ4n) is 2.41. The summed E-state index contributed by atoms with van der Waals surface area (Å²) >= 11 is 0. The fourth-order valence-corrected chi connectivity index (χ4v) is 2.41. The largest absolute Gasteiger partial charge is 0.335 e. The topological polar surface area (TPSA) is 46.3 Å². The van der Waals surface area contributed by atoms with E-state index in [2.05, 4.69) is 0 Å². The minimum absolute atomic E-state index is 0.0911. The fraction of sp³-hybridized carbons (Fsp3) is 0.533. The van der Waals surface area contributed by atoms with E-state index in [4.69, 9.17) is 5.73 Å². The molecule has 1 aromatic rings. The average molecular weight is 282 g/mol. The number of hydrogen-bond donors (Lipinski definition) is 1. The van der Waals surface area contributed by atoms with Crippen LogP contribution in [0.5, 0.6) is 0 Å². The number of carbonyl (C=O) groups is 1. The third-order valence-corrected chi connectivity index (χ3v) is 3.88. The molecule has 110 valence electrons. The molecule has 20 heavy (non-hydrogen) atoms. The minimum atomic E-state index is -0.796. The second-order valence-corrected chi connectivity index (χ2v) is 5.28. The maximum absolute atomic E-state index is 14.1. The molecule has 2 N–H and O–H groups in total. The molecule has 0 heterocycles. The van der Waals surface area contributed by atoms with Gasteiger partial charge in [-0.15, -0.1) is 0 Å². The molecular formula is C15H20F2N2O. The van der Waals surface area contributed by atoms with Gasteiger partial charge in [-0.2, -0.15) is 0 Å². The molecule has 5 heteroatoms. The summed E-state index contributed by atoms with van der Waals surface area (Å²) in [7, 11) is 0. The number of nitrogens with zero attached hydrogens (tertiary/aromatic N) is 1. The summed E-state index contributed by atoms with van der Waals surface area (Å²) in [5.74, 6) is -2.11. The Labute approximate surface area is 117 Å². The highest BCUT2D eigenvalue weighted by atomic mass is 19.1. The maximum Gasteiger partial charge on any atom is 0.260 e. The van der Waals surface area contributed by atoms with E-state index in [1.165, 1.54) is 13.0 Å². The first-order chi connectivity index (χ1) is 9.56. The summed E-state index contributed by atoms with van der Waals surface area (Å²) in [6, 6.07) is 2.58. The van der Waals surface area contributed by atoms with Crippen LogP contribution in [0.3, 0.4) is 0 Å². The molecule has 1 aliphatic rings. The third-order valence-electron chi connectivity index (χ3n) is 3.88. The van der Waals surface area contributed by atoms with Crippen molar-refractivity contribution in [2.24, 2.45) is 5.73 Å². The van der Waals surface area contributed by atoms with Gasteiger partial charge in [-0.25, -0.2) is 8.78 Å². The Hall–Kier alpha value is -1.49. The van der Waals surface area contributed by atoms with E-state index in [1.54, 1.807) is 4.90 Å². The van der Waals surface area contributed by atoms with E-state index in [0.717, 1.165) is 25.3 Å². The van der Waals surface area contributed by atoms with Crippen molar-refractivity contribution in [3.05, 3.63) is 34.9 Å². The van der Waals surface area contributed by atoms with Crippen LogP contribution in [0, 0.1) is 18.6 Å². The summed E-state index contributed by atoms with van der Waals surface area (Å²) in [5, 5.41) is 0. The number of rotatable bonds is 5. The van der Waals surface area contributed by atoms with E-state index in [9.17, 15) is 13.6 Å². The van der Waals surface area contributed by atoms with Gasteiger partial charge in [-0.1, -0.05) is 6.07 Å². The maximum atomic E-state index is 14.1. The molecule has 2 rings (SSSR count). The number of nitrogens with two attached hydrogens (primary N) is 1. The molecular weight excluding hydrogens is 262 g/mol. The molecule has 1 fully saturated rings. The molecule has 1 amide bonds. The van der Waals surface area contributed by atoms with Crippen molar-refractivity contribution in [2.75, 3.05) is 13.1 Å². The van der Waals surface area contributed by atoms with Gasteiger partial charge in [0.2, 0.25) is 0 Å². The summed E-state index contributed by atoms with van der Waals surface area (Å²) in [6.45, 7) is 2.43. The van der Waals surface area contributed by atoms with Crippen molar-refractivity contribution in [3.8, 4) is 0 Å². The number of hydrogen-bond acceptors (Lipinski definition) is 2. The first kappa shape index (κ1) is 14.9. The van der Waals surface area contributed by atoms with Crippen molar-refractivity contribution >= 4 is 5.91 Å². The Bertz CT molecular complexity index is 501. The SMILES string of the molecule is Cc1ccc(F)c(C(=O)N(CCCN)C2CCC2)c1F. The normalized spacial score (nSPS) is 15.0. The van der Waals surface area contributed by atoms with E-state index in [1.807, 2.05) is 0 Å². The average Bonchev–Trinajstić information content (AvgIpc) is 2.36. The lowest BCUT2D eigenvalue weighted by molar-refractivity contribution is 0.0568. The highest BCUT2D eigenvalue weighted by Crippen LogP contribution is 2.28. The van der Waals surface area contributed by atoms with Gasteiger partial charge in [0.05, 0.1) is 0 Å². The van der Waals surface area contributed by atoms with Gasteiger partial charge >= 0.3 is 0 Å². The van der Waals surface area contributed by atoms with Gasteiger partial charge in [0, 0.05) is 12.6 Å². The monoisotopic (exact) mass is 282 g/mol. The molecule has 3 nitrogen and oxygen atoms in total. The molecule has 0 aliphatic heterocycles. The smallest absolute Gasteiger partial charge is 0.260 e. The van der Waals surface area contributed by atoms with E-state index < -0.39 is 23.1 Å². The highest BCUT2D eigenvalue weighted by molar-refractivity contribution is 5.95. The predicted octanol–water partition coefficient (Wildman–Crippen LogP) is 2.62. The van der Waals surface area contributed by atoms with Crippen LogP contribution in [0.1, 0.15) is 41.6 Å². The van der Waals surface area contributed by atoms with Crippen LogP contribution in [-0.2, 0) is 0 Å². The van der Waals surface area contributed by atoms with Crippen LogP contribution in [0.2, 0.25) is 0 Å². The Morgan fingerprint density at radius 2 is 2.10 bits per heavy atom. The Morgan fingerprint density at radius 3 is 2.65 bits per heavy atom. The standard InChI is InChI=1S/C15H20F2N2O/c1-10-6-7-12(16)13(14(10)17)15(20)19(9-3-8-18)11-4-2-5-11/h6-7,11H,2-5,8-9,18H2,1H3. The molecule has 1 aromatic carbocycles. The molecule has 0 radical (unpaired) electrons. The molecule has 0 bridgehead atoms. The number of carbonyl (C=O) groups excluding carboxylic acids is 1. The van der Waals surface area contributed by atoms with Crippen molar-refractivity contribution in [1.82, 2.24) is 4.90 Å². The first-order valence-corrected chi connectivity index (χ1v) is 7.02. The van der Waals surface area contributed by atoms with Crippen molar-refractivity contribution in [1.29, 1.82) is 0 Å². The van der Waals surface area contributed by atoms with E-state index >= 15 is 0 Å². The Balaban J connectivity index is 2.29. The van der Waals surface area contributed by atoms with Crippen LogP contribution in [0.4, 0.5) is 8.78 Å². The van der Waals surface area contributed by atoms with Gasteiger partial charge in [0.15, 0.2) is 0 Å². The van der Waals surface area contributed by atoms with Gasteiger partial charge in [-0.05, 0) is 50.8 Å². The van der Waals surface area contributed by atoms with Crippen LogP contribution >= 0.6 is 0 Å². The molecule has 0 aromatic heterocycles. The summed E-state index contributed by atoms with van der Waals surface area (Å²) < 4.78 is 27.9. The molecule has 1 saturated carbocycles. The van der Waals surface area contributed by atoms with Gasteiger partial charge in [-0.3, -0.25) is 4.79 Å². The molecule has 0 spiro atoms. The van der Waals surface area contributed by atoms with Crippen LogP contribution in [-0.4, -0.2) is 29.9 Å². The van der Waals surface area contributed by atoms with Crippen LogP contribution in [0.15, 0.2) is 12.1 Å². The number of amides is 1. The van der Waals surface area contributed by atoms with E-state index in [0.29, 0.717) is 19.5 Å². The zero-order valence-corrected chi connectivity index (χ0v) is 11.7. The van der Waals surface area contributed by atoms with Crippen molar-refractivity contribution in [3.63, 3.8) is 0 Å². The summed E-state index contributed by atoms with van der Waals surface area (Å²) in [4.78, 5) is 14.1. The third kappa shape index (κ3) is 2.82. The summed E-state index contributed by atoms with van der Waals surface area (Å²) in [5.41, 5.74) is 5.32. The van der Waals surface area contributed by atoms with E-state index in [-0.39, 0.29) is 11.6 Å². The second-order valence-electron chi connectivity index (χ2n) is 5.28. The number of halogens is 2. The predicted molar refractivity (Wildman–Crippen MR) is 73.4 cm³/mol. The van der Waals surface area contributed by atoms with Crippen LogP contribution in [0.25, 0.3) is 0 Å². The summed E-state index contributed by atoms with van der Waals surface area (Å²) in [6.07, 6.45) is 3.48. The zero-order valence-electron chi connectivity index (χ0n) is 11.7. The van der Waals surface area contributed by atoms with Gasteiger partial charge in [0.25, 0.3) is 5.91 Å². The second kappa shape index (κ2) is 6.31. The Morgan fingerprint density at radius 1 is 1.40 bits per heavy atom. The minimum Gasteiger partial charge on any atom is -0.335 e. The lowest BCUT2D eigenvalue weighted by atomic mass is 9.90. The first-order valence-electron chi connectivity index (χ1n) is 7.02. The van der Waals surface area contributed by atoms with Crippen molar-refractivity contribution in [2.45, 2.75) is 38.6 Å². The number of aryl methyl sites for hydroxylation is 1. The van der Waals surface area contributed by atoms with Crippen LogP contribution < -0.4 is 5.73 Å². The van der Waals surface area contributed by atoms with Gasteiger partial charge in [0.1, 0.15) is 17.2 Å².